The van der Waals surface area contributed by atoms with Gasteiger partial charge in [-0.15, -0.1) is 0 Å². The van der Waals surface area contributed by atoms with E-state index in [0.29, 0.717) is 17.3 Å². The van der Waals surface area contributed by atoms with Gasteiger partial charge in [-0.25, -0.2) is 4.79 Å². The molecule has 2 aromatic carbocycles. The first-order chi connectivity index (χ1) is 13.5. The van der Waals surface area contributed by atoms with Crippen LogP contribution in [0.3, 0.4) is 0 Å². The zero-order chi connectivity index (χ0) is 20.4. The number of nitrogens with zero attached hydrogens (tertiary/aromatic N) is 2. The standard InChI is InChI=1S/C23H32ClN3O/c1-4-26(5-2)16-10-11-19(3)27(18-20-12-7-6-8-13-20)23(28)25-22-15-9-14-21(24)17-22/h6-9,12-15,17,19H,4-5,10-11,16,18H2,1-3H3,(H,25,28). The summed E-state index contributed by atoms with van der Waals surface area (Å²) in [5.74, 6) is 0. The number of rotatable bonds is 10. The lowest BCUT2D eigenvalue weighted by Crippen LogP contribution is -2.41. The minimum atomic E-state index is -0.0959. The number of hydrogen-bond donors (Lipinski definition) is 1. The van der Waals surface area contributed by atoms with Crippen molar-refractivity contribution in [2.75, 3.05) is 25.0 Å². The van der Waals surface area contributed by atoms with Crippen LogP contribution in [0, 0.1) is 0 Å². The summed E-state index contributed by atoms with van der Waals surface area (Å²) >= 11 is 6.06. The molecule has 2 rings (SSSR count). The van der Waals surface area contributed by atoms with Gasteiger partial charge in [0.15, 0.2) is 0 Å². The highest BCUT2D eigenvalue weighted by molar-refractivity contribution is 6.30. The summed E-state index contributed by atoms with van der Waals surface area (Å²) in [7, 11) is 0. The van der Waals surface area contributed by atoms with Crippen LogP contribution in [0.15, 0.2) is 54.6 Å². The van der Waals surface area contributed by atoms with E-state index in [-0.39, 0.29) is 12.1 Å². The summed E-state index contributed by atoms with van der Waals surface area (Å²) in [5, 5.41) is 3.61. The molecule has 0 radical (unpaired) electrons. The zero-order valence-corrected chi connectivity index (χ0v) is 18.0. The van der Waals surface area contributed by atoms with Gasteiger partial charge in [0.2, 0.25) is 0 Å². The van der Waals surface area contributed by atoms with Crippen molar-refractivity contribution >= 4 is 23.3 Å². The number of halogens is 1. The lowest BCUT2D eigenvalue weighted by molar-refractivity contribution is 0.181. The van der Waals surface area contributed by atoms with Gasteiger partial charge in [-0.1, -0.05) is 61.8 Å². The van der Waals surface area contributed by atoms with E-state index < -0.39 is 0 Å². The number of hydrogen-bond acceptors (Lipinski definition) is 2. The Morgan fingerprint density at radius 2 is 1.79 bits per heavy atom. The highest BCUT2D eigenvalue weighted by Crippen LogP contribution is 2.18. The molecule has 0 aromatic heterocycles. The molecule has 0 heterocycles. The van der Waals surface area contributed by atoms with Crippen molar-refractivity contribution in [1.29, 1.82) is 0 Å². The molecule has 0 fully saturated rings. The van der Waals surface area contributed by atoms with E-state index in [4.69, 9.17) is 11.6 Å². The molecule has 152 valence electrons. The van der Waals surface area contributed by atoms with Crippen molar-refractivity contribution < 1.29 is 4.79 Å². The van der Waals surface area contributed by atoms with Crippen LogP contribution in [-0.4, -0.2) is 41.5 Å². The smallest absolute Gasteiger partial charge is 0.318 e. The molecule has 0 saturated heterocycles. The Bertz CT molecular complexity index is 719. The number of nitrogens with one attached hydrogen (secondary N) is 1. The van der Waals surface area contributed by atoms with E-state index in [2.05, 4.69) is 43.1 Å². The average molecular weight is 402 g/mol. The molecule has 0 bridgehead atoms. The van der Waals surface area contributed by atoms with E-state index in [0.717, 1.165) is 38.0 Å². The van der Waals surface area contributed by atoms with Gasteiger partial charge in [-0.05, 0) is 63.2 Å². The molecule has 28 heavy (non-hydrogen) atoms. The first-order valence-corrected chi connectivity index (χ1v) is 10.5. The predicted octanol–water partition coefficient (Wildman–Crippen LogP) is 5.88. The summed E-state index contributed by atoms with van der Waals surface area (Å²) in [5.41, 5.74) is 1.84. The van der Waals surface area contributed by atoms with Gasteiger partial charge in [0.05, 0.1) is 0 Å². The van der Waals surface area contributed by atoms with Crippen molar-refractivity contribution in [2.24, 2.45) is 0 Å². The SMILES string of the molecule is CCN(CC)CCCC(C)N(Cc1ccccc1)C(=O)Nc1cccc(Cl)c1. The molecule has 0 spiro atoms. The molecule has 5 heteroatoms. The van der Waals surface area contributed by atoms with Crippen LogP contribution in [0.2, 0.25) is 5.02 Å². The topological polar surface area (TPSA) is 35.6 Å². The second-order valence-corrected chi connectivity index (χ2v) is 7.51. The van der Waals surface area contributed by atoms with Gasteiger partial charge in [0, 0.05) is 23.3 Å². The molecule has 1 N–H and O–H groups in total. The predicted molar refractivity (Wildman–Crippen MR) is 119 cm³/mol. The second kappa shape index (κ2) is 11.7. The molecule has 4 nitrogen and oxygen atoms in total. The second-order valence-electron chi connectivity index (χ2n) is 7.07. The lowest BCUT2D eigenvalue weighted by Gasteiger charge is -2.30. The van der Waals surface area contributed by atoms with Crippen LogP contribution in [-0.2, 0) is 6.54 Å². The van der Waals surface area contributed by atoms with Gasteiger partial charge in [-0.3, -0.25) is 0 Å². The highest BCUT2D eigenvalue weighted by atomic mass is 35.5. The quantitative estimate of drug-likeness (QED) is 0.539. The van der Waals surface area contributed by atoms with Crippen molar-refractivity contribution in [1.82, 2.24) is 9.80 Å². The Balaban J connectivity index is 2.06. The Labute approximate surface area is 174 Å². The van der Waals surface area contributed by atoms with Crippen molar-refractivity contribution in [3.63, 3.8) is 0 Å². The van der Waals surface area contributed by atoms with Crippen molar-refractivity contribution in [3.05, 3.63) is 65.2 Å². The molecule has 0 aliphatic rings. The molecule has 1 unspecified atom stereocenters. The molecular weight excluding hydrogens is 370 g/mol. The lowest BCUT2D eigenvalue weighted by atomic mass is 10.1. The van der Waals surface area contributed by atoms with E-state index in [1.807, 2.05) is 35.2 Å². The fraction of sp³-hybridized carbons (Fsp3) is 0.435. The van der Waals surface area contributed by atoms with Gasteiger partial charge >= 0.3 is 6.03 Å². The van der Waals surface area contributed by atoms with Crippen LogP contribution in [0.1, 0.15) is 39.2 Å². The molecular formula is C23H32ClN3O. The zero-order valence-electron chi connectivity index (χ0n) is 17.2. The van der Waals surface area contributed by atoms with E-state index in [9.17, 15) is 4.79 Å². The van der Waals surface area contributed by atoms with Gasteiger partial charge in [0.1, 0.15) is 0 Å². The maximum absolute atomic E-state index is 13.0. The Kier molecular flexibility index (Phi) is 9.32. The summed E-state index contributed by atoms with van der Waals surface area (Å²) < 4.78 is 0. The summed E-state index contributed by atoms with van der Waals surface area (Å²) in [6.45, 7) is 10.3. The Morgan fingerprint density at radius 1 is 1.07 bits per heavy atom. The fourth-order valence-corrected chi connectivity index (χ4v) is 3.47. The van der Waals surface area contributed by atoms with Crippen LogP contribution in [0.25, 0.3) is 0 Å². The minimum Gasteiger partial charge on any atom is -0.318 e. The Hall–Kier alpha value is -2.04. The van der Waals surface area contributed by atoms with Crippen LogP contribution >= 0.6 is 11.6 Å². The first kappa shape index (κ1) is 22.3. The third kappa shape index (κ3) is 7.17. The van der Waals surface area contributed by atoms with Crippen molar-refractivity contribution in [3.8, 4) is 0 Å². The number of benzene rings is 2. The average Bonchev–Trinajstić information content (AvgIpc) is 2.70. The number of carbonyl (C=O) groups is 1. The van der Waals surface area contributed by atoms with E-state index in [1.54, 1.807) is 12.1 Å². The van der Waals surface area contributed by atoms with Crippen molar-refractivity contribution in [2.45, 2.75) is 46.2 Å². The molecule has 1 atom stereocenters. The molecule has 0 aliphatic heterocycles. The molecule has 2 amide bonds. The Morgan fingerprint density at radius 3 is 2.43 bits per heavy atom. The normalized spacial score (nSPS) is 12.0. The number of carbonyl (C=O) groups excluding carboxylic acids is 1. The monoisotopic (exact) mass is 401 g/mol. The summed E-state index contributed by atoms with van der Waals surface area (Å²) in [4.78, 5) is 17.4. The van der Waals surface area contributed by atoms with E-state index >= 15 is 0 Å². The molecule has 0 aliphatic carbocycles. The minimum absolute atomic E-state index is 0.0959. The summed E-state index contributed by atoms with van der Waals surface area (Å²) in [6, 6.07) is 17.4. The number of anilines is 1. The number of amides is 2. The molecule has 0 saturated carbocycles. The van der Waals surface area contributed by atoms with Crippen LogP contribution in [0.5, 0.6) is 0 Å². The summed E-state index contributed by atoms with van der Waals surface area (Å²) in [6.07, 6.45) is 2.03. The third-order valence-corrected chi connectivity index (χ3v) is 5.29. The fourth-order valence-electron chi connectivity index (χ4n) is 3.28. The highest BCUT2D eigenvalue weighted by Gasteiger charge is 2.21. The van der Waals surface area contributed by atoms with Crippen LogP contribution in [0.4, 0.5) is 10.5 Å². The van der Waals surface area contributed by atoms with Gasteiger partial charge in [0.25, 0.3) is 0 Å². The first-order valence-electron chi connectivity index (χ1n) is 10.1. The largest absolute Gasteiger partial charge is 0.322 e. The van der Waals surface area contributed by atoms with Gasteiger partial charge < -0.3 is 15.1 Å². The van der Waals surface area contributed by atoms with E-state index in [1.165, 1.54) is 0 Å². The third-order valence-electron chi connectivity index (χ3n) is 5.06. The van der Waals surface area contributed by atoms with Gasteiger partial charge in [-0.2, -0.15) is 0 Å². The number of urea groups is 1. The maximum Gasteiger partial charge on any atom is 0.322 e. The molecule has 2 aromatic rings. The van der Waals surface area contributed by atoms with Crippen LogP contribution < -0.4 is 5.32 Å². The maximum atomic E-state index is 13.0.